The van der Waals surface area contributed by atoms with E-state index in [0.717, 1.165) is 6.42 Å². The predicted molar refractivity (Wildman–Crippen MR) is 98.9 cm³/mol. The molecular weight excluding hydrogens is 364 g/mol. The van der Waals surface area contributed by atoms with Crippen LogP contribution in [0.15, 0.2) is 0 Å². The van der Waals surface area contributed by atoms with Gasteiger partial charge in [0.1, 0.15) is 12.1 Å². The van der Waals surface area contributed by atoms with Crippen molar-refractivity contribution in [3.05, 3.63) is 0 Å². The van der Waals surface area contributed by atoms with E-state index >= 15 is 0 Å². The zero-order valence-electron chi connectivity index (χ0n) is 16.2. The molecule has 0 bridgehead atoms. The Morgan fingerprint density at radius 3 is 1.04 bits per heavy atom. The Hall–Kier alpha value is -2.28. The lowest BCUT2D eigenvalue weighted by atomic mass is 10.0. The van der Waals surface area contributed by atoms with Crippen LogP contribution in [0.4, 0.5) is 0 Å². The van der Waals surface area contributed by atoms with Gasteiger partial charge >= 0.3 is 23.9 Å². The number of carbonyl (C=O) groups is 4. The molecule has 12 N–H and O–H groups in total. The Balaban J connectivity index is -0.000000135. The van der Waals surface area contributed by atoms with Gasteiger partial charge in [0.2, 0.25) is 0 Å². The van der Waals surface area contributed by atoms with Crippen molar-refractivity contribution in [3.8, 4) is 0 Å². The lowest BCUT2D eigenvalue weighted by Crippen LogP contribution is -2.36. The van der Waals surface area contributed by atoms with Crippen LogP contribution in [-0.2, 0) is 19.2 Å². The molecule has 0 saturated carbocycles. The first-order chi connectivity index (χ1) is 12.2. The molecule has 3 unspecified atom stereocenters. The van der Waals surface area contributed by atoms with Crippen LogP contribution < -0.4 is 22.9 Å². The van der Waals surface area contributed by atoms with Crippen molar-refractivity contribution >= 4 is 23.9 Å². The third kappa shape index (κ3) is 28.8. The van der Waals surface area contributed by atoms with Gasteiger partial charge in [-0.25, -0.2) is 0 Å². The van der Waals surface area contributed by atoms with Crippen LogP contribution in [0.3, 0.4) is 0 Å². The van der Waals surface area contributed by atoms with E-state index in [4.69, 9.17) is 31.9 Å². The van der Waals surface area contributed by atoms with Crippen molar-refractivity contribution in [2.24, 2.45) is 34.8 Å². The summed E-state index contributed by atoms with van der Waals surface area (Å²) >= 11 is 0. The molecule has 0 amide bonds. The largest absolute Gasteiger partial charge is 0.480 e. The number of aliphatic carboxylic acids is 4. The molecule has 0 radical (unpaired) electrons. The average Bonchev–Trinajstić information content (AvgIpc) is 2.60. The van der Waals surface area contributed by atoms with Gasteiger partial charge in [0.25, 0.3) is 0 Å². The zero-order chi connectivity index (χ0) is 22.7. The fraction of sp³-hybridized carbons (Fsp3) is 0.733. The van der Waals surface area contributed by atoms with E-state index in [-0.39, 0.29) is 24.9 Å². The molecule has 0 heterocycles. The zero-order valence-corrected chi connectivity index (χ0v) is 16.2. The molecule has 0 aromatic heterocycles. The summed E-state index contributed by atoms with van der Waals surface area (Å²) < 4.78 is 0. The van der Waals surface area contributed by atoms with Gasteiger partial charge in [-0.15, -0.1) is 0 Å². The number of rotatable bonds is 7. The van der Waals surface area contributed by atoms with Crippen LogP contribution in [0.2, 0.25) is 0 Å². The van der Waals surface area contributed by atoms with Gasteiger partial charge in [0.15, 0.2) is 0 Å². The molecule has 0 aliphatic rings. The molecule has 12 heteroatoms. The Morgan fingerprint density at radius 2 is 1.00 bits per heavy atom. The number of carboxylic acids is 4. The molecule has 27 heavy (non-hydrogen) atoms. The summed E-state index contributed by atoms with van der Waals surface area (Å²) in [5.74, 6) is -3.69. The second-order valence-electron chi connectivity index (χ2n) is 5.55. The summed E-state index contributed by atoms with van der Waals surface area (Å²) in [7, 11) is 0. The third-order valence-electron chi connectivity index (χ3n) is 2.89. The highest BCUT2D eigenvalue weighted by molar-refractivity contribution is 5.73. The molecule has 12 nitrogen and oxygen atoms in total. The van der Waals surface area contributed by atoms with E-state index in [1.807, 2.05) is 13.8 Å². The summed E-state index contributed by atoms with van der Waals surface area (Å²) in [4.78, 5) is 38.7. The van der Waals surface area contributed by atoms with Gasteiger partial charge in [-0.05, 0) is 11.8 Å². The minimum Gasteiger partial charge on any atom is -0.480 e. The molecule has 0 spiro atoms. The summed E-state index contributed by atoms with van der Waals surface area (Å²) in [6.07, 6.45) is 0.813. The van der Waals surface area contributed by atoms with Crippen molar-refractivity contribution in [2.45, 2.75) is 46.2 Å². The van der Waals surface area contributed by atoms with Crippen LogP contribution in [0.25, 0.3) is 0 Å². The van der Waals surface area contributed by atoms with Gasteiger partial charge in [0.05, 0.1) is 13.1 Å². The van der Waals surface area contributed by atoms with E-state index in [2.05, 4.69) is 11.5 Å². The maximum Gasteiger partial charge on any atom is 0.320 e. The van der Waals surface area contributed by atoms with Crippen molar-refractivity contribution in [2.75, 3.05) is 13.1 Å². The minimum absolute atomic E-state index is 0.0208. The fourth-order valence-electron chi connectivity index (χ4n) is 0.782. The van der Waals surface area contributed by atoms with Crippen LogP contribution >= 0.6 is 0 Å². The molecule has 0 rings (SSSR count). The lowest BCUT2D eigenvalue weighted by molar-refractivity contribution is -0.140. The Kier molecular flexibility index (Phi) is 24.0. The van der Waals surface area contributed by atoms with E-state index in [1.54, 1.807) is 13.8 Å². The van der Waals surface area contributed by atoms with E-state index in [9.17, 15) is 19.2 Å². The summed E-state index contributed by atoms with van der Waals surface area (Å²) in [5, 5.41) is 31.8. The van der Waals surface area contributed by atoms with Crippen molar-refractivity contribution in [1.29, 1.82) is 0 Å². The first kappa shape index (κ1) is 32.4. The highest BCUT2D eigenvalue weighted by atomic mass is 16.4. The topological polar surface area (TPSA) is 253 Å². The standard InChI is InChI=1S/C6H13NO2.C5H11NO2.2C2H5NO2/c1-3-4(2)5(7)6(8)9;1-3(2)4(6)5(7)8;2*3-1-2(4)5/h4-5H,3,7H2,1-2H3,(H,8,9);3-4H,6H2,1-2H3,(H,7,8);2*1,3H2,(H,4,5). The Morgan fingerprint density at radius 1 is 0.741 bits per heavy atom. The maximum absolute atomic E-state index is 10.2. The predicted octanol–water partition coefficient (Wildman–Crippen LogP) is -1.44. The number of carboxylic acid groups (broad SMARTS) is 4. The lowest BCUT2D eigenvalue weighted by Gasteiger charge is -2.11. The summed E-state index contributed by atoms with van der Waals surface area (Å²) in [5.41, 5.74) is 19.6. The van der Waals surface area contributed by atoms with E-state index < -0.39 is 36.0 Å². The van der Waals surface area contributed by atoms with Crippen molar-refractivity contribution in [1.82, 2.24) is 0 Å². The molecule has 162 valence electrons. The van der Waals surface area contributed by atoms with Gasteiger partial charge in [-0.2, -0.15) is 0 Å². The average molecular weight is 398 g/mol. The molecular formula is C15H34N4O8. The highest BCUT2D eigenvalue weighted by Gasteiger charge is 2.17. The number of hydrogen-bond acceptors (Lipinski definition) is 8. The molecule has 0 aromatic carbocycles. The van der Waals surface area contributed by atoms with Gasteiger partial charge in [-0.3, -0.25) is 19.2 Å². The number of nitrogens with two attached hydrogens (primary N) is 4. The van der Waals surface area contributed by atoms with Gasteiger partial charge in [-0.1, -0.05) is 34.1 Å². The maximum atomic E-state index is 10.2. The van der Waals surface area contributed by atoms with Crippen LogP contribution in [0.5, 0.6) is 0 Å². The smallest absolute Gasteiger partial charge is 0.320 e. The quantitative estimate of drug-likeness (QED) is 0.245. The van der Waals surface area contributed by atoms with Crippen LogP contribution in [-0.4, -0.2) is 69.5 Å². The van der Waals surface area contributed by atoms with Crippen LogP contribution in [0.1, 0.15) is 34.1 Å². The normalized spacial score (nSPS) is 12.5. The Bertz CT molecular complexity index is 418. The molecule has 0 fully saturated rings. The first-order valence-corrected chi connectivity index (χ1v) is 7.99. The molecule has 3 atom stereocenters. The molecule has 0 saturated heterocycles. The van der Waals surface area contributed by atoms with Gasteiger partial charge < -0.3 is 43.4 Å². The first-order valence-electron chi connectivity index (χ1n) is 7.99. The van der Waals surface area contributed by atoms with E-state index in [1.165, 1.54) is 0 Å². The minimum atomic E-state index is -0.968. The SMILES string of the molecule is CC(C)C(N)C(=O)O.CCC(C)C(N)C(=O)O.NCC(=O)O.NCC(=O)O. The second-order valence-corrected chi connectivity index (χ2v) is 5.55. The molecule has 0 aliphatic heterocycles. The Labute approximate surface area is 158 Å². The summed E-state index contributed by atoms with van der Waals surface area (Å²) in [6.45, 7) is 6.75. The van der Waals surface area contributed by atoms with E-state index in [0.29, 0.717) is 0 Å². The van der Waals surface area contributed by atoms with Crippen LogP contribution in [0, 0.1) is 11.8 Å². The summed E-state index contributed by atoms with van der Waals surface area (Å²) in [6, 6.07) is -1.41. The third-order valence-corrected chi connectivity index (χ3v) is 2.89. The monoisotopic (exact) mass is 398 g/mol. The molecule has 0 aliphatic carbocycles. The highest BCUT2D eigenvalue weighted by Crippen LogP contribution is 2.04. The van der Waals surface area contributed by atoms with Gasteiger partial charge in [0, 0.05) is 0 Å². The number of hydrogen-bond donors (Lipinski definition) is 8. The molecule has 0 aromatic rings. The van der Waals surface area contributed by atoms with Crippen molar-refractivity contribution < 1.29 is 39.6 Å². The van der Waals surface area contributed by atoms with Crippen molar-refractivity contribution in [3.63, 3.8) is 0 Å². The fourth-order valence-corrected chi connectivity index (χ4v) is 0.782. The second kappa shape index (κ2) is 20.0.